The molecule has 0 N–H and O–H groups in total. The van der Waals surface area contributed by atoms with E-state index in [2.05, 4.69) is 0 Å². The number of nitro groups is 1. The van der Waals surface area contributed by atoms with Crippen molar-refractivity contribution in [2.75, 3.05) is 26.8 Å². The van der Waals surface area contributed by atoms with Gasteiger partial charge in [0, 0.05) is 12.6 Å². The van der Waals surface area contributed by atoms with Crippen LogP contribution in [0.4, 0.5) is 10.5 Å². The highest BCUT2D eigenvalue weighted by molar-refractivity contribution is 5.68. The fourth-order valence-electron chi connectivity index (χ4n) is 4.69. The van der Waals surface area contributed by atoms with Gasteiger partial charge < -0.3 is 19.1 Å². The molecule has 8 nitrogen and oxygen atoms in total. The van der Waals surface area contributed by atoms with Crippen LogP contribution in [0.3, 0.4) is 0 Å². The minimum Gasteiger partial charge on any atom is -0.490 e. The molecule has 1 spiro atoms. The third kappa shape index (κ3) is 4.85. The third-order valence-electron chi connectivity index (χ3n) is 6.48. The van der Waals surface area contributed by atoms with Crippen LogP contribution >= 0.6 is 0 Å². The summed E-state index contributed by atoms with van der Waals surface area (Å²) in [4.78, 5) is 25.1. The first-order chi connectivity index (χ1) is 15.5. The fraction of sp³-hybridized carbons (Fsp3) is 0.458. The van der Waals surface area contributed by atoms with Crippen molar-refractivity contribution in [3.63, 3.8) is 0 Å². The van der Waals surface area contributed by atoms with Crippen molar-refractivity contribution in [3.05, 3.63) is 69.8 Å². The summed E-state index contributed by atoms with van der Waals surface area (Å²) >= 11 is 0. The number of amides is 1. The first-order valence-electron chi connectivity index (χ1n) is 10.9. The molecule has 2 aliphatic rings. The van der Waals surface area contributed by atoms with Gasteiger partial charge in [0.15, 0.2) is 5.75 Å². The molecule has 8 heteroatoms. The molecule has 1 aliphatic heterocycles. The molecule has 0 atom stereocenters. The molecule has 32 heavy (non-hydrogen) atoms. The van der Waals surface area contributed by atoms with Gasteiger partial charge in [-0.15, -0.1) is 0 Å². The number of ether oxygens (including phenoxy) is 3. The molecule has 0 unspecified atom stereocenters. The predicted octanol–water partition coefficient (Wildman–Crippen LogP) is 4.67. The number of carbonyl (C=O) groups excluding carboxylic acids is 1. The van der Waals surface area contributed by atoms with Gasteiger partial charge in [-0.1, -0.05) is 36.4 Å². The minimum atomic E-state index is -0.431. The van der Waals surface area contributed by atoms with Gasteiger partial charge in [-0.25, -0.2) is 4.79 Å². The SMILES string of the molecule is COc1cc(C2CCC3(CC2)CN(C(=O)OCc2ccccc2)CCO3)ccc1[N+](=O)[O-]. The zero-order chi connectivity index (χ0) is 22.6. The van der Waals surface area contributed by atoms with E-state index in [0.29, 0.717) is 19.7 Å². The number of nitrogens with zero attached hydrogens (tertiary/aromatic N) is 2. The Labute approximate surface area is 187 Å². The van der Waals surface area contributed by atoms with Crippen molar-refractivity contribution in [1.82, 2.24) is 4.90 Å². The zero-order valence-electron chi connectivity index (χ0n) is 18.2. The number of benzene rings is 2. The molecule has 1 amide bonds. The van der Waals surface area contributed by atoms with Crippen LogP contribution in [0.2, 0.25) is 0 Å². The molecule has 2 aromatic rings. The summed E-state index contributed by atoms with van der Waals surface area (Å²) in [5, 5.41) is 11.2. The van der Waals surface area contributed by atoms with E-state index in [1.165, 1.54) is 13.2 Å². The van der Waals surface area contributed by atoms with Crippen molar-refractivity contribution in [2.45, 2.75) is 43.8 Å². The maximum atomic E-state index is 12.6. The quantitative estimate of drug-likeness (QED) is 0.496. The van der Waals surface area contributed by atoms with Crippen LogP contribution in [0, 0.1) is 10.1 Å². The molecule has 1 saturated heterocycles. The van der Waals surface area contributed by atoms with Gasteiger partial charge in [-0.3, -0.25) is 10.1 Å². The molecular weight excluding hydrogens is 412 g/mol. The molecule has 1 heterocycles. The summed E-state index contributed by atoms with van der Waals surface area (Å²) in [6.45, 7) is 1.81. The molecule has 1 aliphatic carbocycles. The smallest absolute Gasteiger partial charge is 0.410 e. The van der Waals surface area contributed by atoms with Crippen LogP contribution in [0.1, 0.15) is 42.7 Å². The second kappa shape index (κ2) is 9.56. The van der Waals surface area contributed by atoms with Gasteiger partial charge in [-0.05, 0) is 48.8 Å². The first-order valence-corrected chi connectivity index (χ1v) is 10.9. The van der Waals surface area contributed by atoms with Crippen molar-refractivity contribution in [2.24, 2.45) is 0 Å². The van der Waals surface area contributed by atoms with Crippen molar-refractivity contribution < 1.29 is 23.9 Å². The van der Waals surface area contributed by atoms with E-state index in [0.717, 1.165) is 36.8 Å². The van der Waals surface area contributed by atoms with E-state index in [1.807, 2.05) is 36.4 Å². The molecule has 4 rings (SSSR count). The average Bonchev–Trinajstić information content (AvgIpc) is 2.83. The van der Waals surface area contributed by atoms with Crippen LogP contribution in [0.25, 0.3) is 0 Å². The second-order valence-electron chi connectivity index (χ2n) is 8.46. The highest BCUT2D eigenvalue weighted by atomic mass is 16.6. The van der Waals surface area contributed by atoms with Gasteiger partial charge in [0.2, 0.25) is 0 Å². The number of methoxy groups -OCH3 is 1. The van der Waals surface area contributed by atoms with Crippen LogP contribution in [-0.2, 0) is 16.1 Å². The Morgan fingerprint density at radius 3 is 2.66 bits per heavy atom. The van der Waals surface area contributed by atoms with Gasteiger partial charge in [0.05, 0.1) is 30.8 Å². The summed E-state index contributed by atoms with van der Waals surface area (Å²) in [6.07, 6.45) is 3.10. The monoisotopic (exact) mass is 440 g/mol. The Morgan fingerprint density at radius 1 is 1.22 bits per heavy atom. The highest BCUT2D eigenvalue weighted by Crippen LogP contribution is 2.43. The average molecular weight is 440 g/mol. The fourth-order valence-corrected chi connectivity index (χ4v) is 4.69. The number of hydrogen-bond acceptors (Lipinski definition) is 6. The highest BCUT2D eigenvalue weighted by Gasteiger charge is 2.42. The summed E-state index contributed by atoms with van der Waals surface area (Å²) in [5.74, 6) is 0.563. The van der Waals surface area contributed by atoms with Gasteiger partial charge >= 0.3 is 11.8 Å². The zero-order valence-corrected chi connectivity index (χ0v) is 18.2. The lowest BCUT2D eigenvalue weighted by Crippen LogP contribution is -2.55. The number of rotatable bonds is 5. The van der Waals surface area contributed by atoms with Crippen molar-refractivity contribution in [3.8, 4) is 5.75 Å². The third-order valence-corrected chi connectivity index (χ3v) is 6.48. The lowest BCUT2D eigenvalue weighted by Gasteiger charge is -2.46. The van der Waals surface area contributed by atoms with Crippen molar-refractivity contribution >= 4 is 11.8 Å². The molecule has 170 valence electrons. The number of morpholine rings is 1. The van der Waals surface area contributed by atoms with E-state index >= 15 is 0 Å². The summed E-state index contributed by atoms with van der Waals surface area (Å²) < 4.78 is 16.9. The van der Waals surface area contributed by atoms with Crippen LogP contribution in [0.15, 0.2) is 48.5 Å². The number of carbonyl (C=O) groups is 1. The van der Waals surface area contributed by atoms with E-state index in [4.69, 9.17) is 14.2 Å². The topological polar surface area (TPSA) is 91.1 Å². The molecule has 0 aromatic heterocycles. The van der Waals surface area contributed by atoms with E-state index < -0.39 is 4.92 Å². The van der Waals surface area contributed by atoms with Crippen LogP contribution in [-0.4, -0.2) is 48.3 Å². The van der Waals surface area contributed by atoms with E-state index in [-0.39, 0.29) is 35.7 Å². The van der Waals surface area contributed by atoms with Gasteiger partial charge in [-0.2, -0.15) is 0 Å². The maximum absolute atomic E-state index is 12.6. The van der Waals surface area contributed by atoms with E-state index in [1.54, 1.807) is 11.0 Å². The Hall–Kier alpha value is -3.13. The summed E-state index contributed by atoms with van der Waals surface area (Å²) in [5.41, 5.74) is 1.62. The Balaban J connectivity index is 1.35. The van der Waals surface area contributed by atoms with Crippen LogP contribution in [0.5, 0.6) is 5.75 Å². The summed E-state index contributed by atoms with van der Waals surface area (Å²) in [6, 6.07) is 14.7. The Morgan fingerprint density at radius 2 is 1.97 bits per heavy atom. The molecule has 0 bridgehead atoms. The molecule has 0 radical (unpaired) electrons. The molecule has 1 saturated carbocycles. The van der Waals surface area contributed by atoms with Gasteiger partial charge in [0.25, 0.3) is 0 Å². The second-order valence-corrected chi connectivity index (χ2v) is 8.46. The minimum absolute atomic E-state index is 0.0243. The first kappa shape index (κ1) is 22.1. The van der Waals surface area contributed by atoms with E-state index in [9.17, 15) is 14.9 Å². The normalized spacial score (nSPS) is 23.0. The molecule has 2 fully saturated rings. The van der Waals surface area contributed by atoms with Crippen molar-refractivity contribution in [1.29, 1.82) is 0 Å². The standard InChI is InChI=1S/C24H28N2O6/c1-30-22-15-20(7-8-21(22)26(28)29)19-9-11-24(12-10-19)17-25(13-14-32-24)23(27)31-16-18-5-3-2-4-6-18/h2-8,15,19H,9-14,16-17H2,1H3. The Kier molecular flexibility index (Phi) is 6.60. The largest absolute Gasteiger partial charge is 0.490 e. The lowest BCUT2D eigenvalue weighted by atomic mass is 9.75. The van der Waals surface area contributed by atoms with Crippen LogP contribution < -0.4 is 4.74 Å². The molecule has 2 aromatic carbocycles. The number of nitro benzene ring substituents is 1. The predicted molar refractivity (Wildman–Crippen MR) is 118 cm³/mol. The number of hydrogen-bond donors (Lipinski definition) is 0. The molecular formula is C24H28N2O6. The Bertz CT molecular complexity index is 956. The summed E-state index contributed by atoms with van der Waals surface area (Å²) in [7, 11) is 1.45. The lowest BCUT2D eigenvalue weighted by molar-refractivity contribution is -0.385. The maximum Gasteiger partial charge on any atom is 0.410 e. The van der Waals surface area contributed by atoms with Gasteiger partial charge in [0.1, 0.15) is 6.61 Å².